The van der Waals surface area contributed by atoms with Gasteiger partial charge in [0.25, 0.3) is 0 Å². The highest BCUT2D eigenvalue weighted by Crippen LogP contribution is 2.32. The van der Waals surface area contributed by atoms with Gasteiger partial charge in [0, 0.05) is 44.4 Å². The molecule has 0 radical (unpaired) electrons. The van der Waals surface area contributed by atoms with Crippen molar-refractivity contribution < 1.29 is 4.79 Å². The van der Waals surface area contributed by atoms with Gasteiger partial charge in [-0.05, 0) is 67.1 Å². The molecule has 0 bridgehead atoms. The molecule has 2 fully saturated rings. The second-order valence-electron chi connectivity index (χ2n) is 8.05. The molecule has 25 heavy (non-hydrogen) atoms. The highest BCUT2D eigenvalue weighted by Gasteiger charge is 2.30. The van der Waals surface area contributed by atoms with Crippen LogP contribution in [0, 0.1) is 11.8 Å². The van der Waals surface area contributed by atoms with Crippen molar-refractivity contribution in [2.75, 3.05) is 38.6 Å². The van der Waals surface area contributed by atoms with Crippen LogP contribution in [-0.4, -0.2) is 44.4 Å². The Labute approximate surface area is 150 Å². The lowest BCUT2D eigenvalue weighted by atomic mass is 9.89. The van der Waals surface area contributed by atoms with Gasteiger partial charge in [-0.1, -0.05) is 18.2 Å². The number of carbonyl (C=O) groups is 1. The molecule has 2 aliphatic rings. The highest BCUT2D eigenvalue weighted by molar-refractivity contribution is 6.01. The molecule has 0 amide bonds. The minimum Gasteiger partial charge on any atom is -0.378 e. The predicted octanol–water partition coefficient (Wildman–Crippen LogP) is 4.21. The topological polar surface area (TPSA) is 23.6 Å². The number of hydrogen-bond donors (Lipinski definition) is 0. The third-order valence-electron chi connectivity index (χ3n) is 5.71. The van der Waals surface area contributed by atoms with Gasteiger partial charge in [0.2, 0.25) is 0 Å². The average Bonchev–Trinajstić information content (AvgIpc) is 3.44. The third kappa shape index (κ3) is 3.72. The van der Waals surface area contributed by atoms with E-state index in [0.717, 1.165) is 36.3 Å². The summed E-state index contributed by atoms with van der Waals surface area (Å²) in [6, 6.07) is 12.6. The number of Topliss-reactive ketones (excluding diaryl/α,β-unsaturated/α-hetero) is 1. The van der Waals surface area contributed by atoms with E-state index in [1.54, 1.807) is 0 Å². The maximum Gasteiger partial charge on any atom is 0.167 e. The maximum atomic E-state index is 13.0. The predicted molar refractivity (Wildman–Crippen MR) is 104 cm³/mol. The van der Waals surface area contributed by atoms with Crippen molar-refractivity contribution in [1.29, 1.82) is 0 Å². The van der Waals surface area contributed by atoms with Gasteiger partial charge in [0.05, 0.1) is 0 Å². The van der Waals surface area contributed by atoms with Gasteiger partial charge < -0.3 is 9.80 Å². The molecule has 3 nitrogen and oxygen atoms in total. The van der Waals surface area contributed by atoms with E-state index in [9.17, 15) is 4.79 Å². The molecule has 3 heteroatoms. The number of rotatable bonds is 5. The zero-order chi connectivity index (χ0) is 17.4. The summed E-state index contributed by atoms with van der Waals surface area (Å²) in [6.45, 7) is 3.33. The number of likely N-dealkylation sites (tertiary alicyclic amines) is 1. The van der Waals surface area contributed by atoms with Crippen molar-refractivity contribution in [3.8, 4) is 0 Å². The van der Waals surface area contributed by atoms with Crippen LogP contribution >= 0.6 is 0 Å². The largest absolute Gasteiger partial charge is 0.378 e. The van der Waals surface area contributed by atoms with Crippen molar-refractivity contribution in [3.05, 3.63) is 42.0 Å². The molecule has 1 heterocycles. The number of anilines is 1. The molecule has 2 aromatic rings. The molecular weight excluding hydrogens is 308 g/mol. The lowest BCUT2D eigenvalue weighted by Gasteiger charge is -2.32. The average molecular weight is 336 g/mol. The summed E-state index contributed by atoms with van der Waals surface area (Å²) in [7, 11) is 4.10. The maximum absolute atomic E-state index is 13.0. The summed E-state index contributed by atoms with van der Waals surface area (Å²) < 4.78 is 0. The lowest BCUT2D eigenvalue weighted by molar-refractivity contribution is 0.0815. The van der Waals surface area contributed by atoms with Crippen molar-refractivity contribution in [2.24, 2.45) is 11.8 Å². The van der Waals surface area contributed by atoms with Gasteiger partial charge in [0.1, 0.15) is 0 Å². The van der Waals surface area contributed by atoms with E-state index in [2.05, 4.69) is 54.2 Å². The Kier molecular flexibility index (Phi) is 4.51. The van der Waals surface area contributed by atoms with Crippen LogP contribution in [0.3, 0.4) is 0 Å². The fourth-order valence-corrected chi connectivity index (χ4v) is 4.00. The van der Waals surface area contributed by atoms with Gasteiger partial charge in [-0.2, -0.15) is 0 Å². The molecule has 1 unspecified atom stereocenters. The molecule has 1 saturated carbocycles. The van der Waals surface area contributed by atoms with Crippen LogP contribution < -0.4 is 4.90 Å². The number of ketones is 1. The molecule has 1 atom stereocenters. The van der Waals surface area contributed by atoms with Gasteiger partial charge in [-0.3, -0.25) is 4.79 Å². The van der Waals surface area contributed by atoms with E-state index in [1.807, 2.05) is 6.07 Å². The Balaban J connectivity index is 1.51. The molecule has 1 saturated heterocycles. The quantitative estimate of drug-likeness (QED) is 0.764. The fraction of sp³-hybridized carbons (Fsp3) is 0.500. The van der Waals surface area contributed by atoms with E-state index in [4.69, 9.17) is 0 Å². The van der Waals surface area contributed by atoms with Gasteiger partial charge in [0.15, 0.2) is 5.78 Å². The number of benzene rings is 2. The van der Waals surface area contributed by atoms with E-state index >= 15 is 0 Å². The Morgan fingerprint density at radius 1 is 1.08 bits per heavy atom. The van der Waals surface area contributed by atoms with Crippen LogP contribution in [0.15, 0.2) is 36.4 Å². The van der Waals surface area contributed by atoms with Crippen molar-refractivity contribution in [2.45, 2.75) is 25.7 Å². The molecule has 0 spiro atoms. The molecule has 0 aromatic heterocycles. The first-order chi connectivity index (χ1) is 12.1. The summed E-state index contributed by atoms with van der Waals surface area (Å²) in [5, 5.41) is 2.35. The number of nitrogens with zero attached hydrogens (tertiary/aromatic N) is 2. The summed E-state index contributed by atoms with van der Waals surface area (Å²) in [4.78, 5) is 17.7. The van der Waals surface area contributed by atoms with E-state index in [0.29, 0.717) is 5.78 Å². The van der Waals surface area contributed by atoms with Crippen LogP contribution in [0.1, 0.15) is 36.0 Å². The molecule has 4 rings (SSSR count). The van der Waals surface area contributed by atoms with Gasteiger partial charge >= 0.3 is 0 Å². The Morgan fingerprint density at radius 2 is 1.84 bits per heavy atom. The molecule has 0 N–H and O–H groups in total. The SMILES string of the molecule is CN(C)c1ccc2cc(C(=O)C3CCCN(CC4CC4)C3)ccc2c1. The second kappa shape index (κ2) is 6.80. The molecule has 1 aliphatic heterocycles. The van der Waals surface area contributed by atoms with E-state index in [-0.39, 0.29) is 5.92 Å². The van der Waals surface area contributed by atoms with E-state index < -0.39 is 0 Å². The van der Waals surface area contributed by atoms with Gasteiger partial charge in [-0.25, -0.2) is 0 Å². The van der Waals surface area contributed by atoms with Crippen molar-refractivity contribution in [1.82, 2.24) is 4.90 Å². The summed E-state index contributed by atoms with van der Waals surface area (Å²) >= 11 is 0. The number of hydrogen-bond acceptors (Lipinski definition) is 3. The Bertz CT molecular complexity index is 779. The molecular formula is C22H28N2O. The number of carbonyl (C=O) groups excluding carboxylic acids is 1. The van der Waals surface area contributed by atoms with Crippen LogP contribution in [0.4, 0.5) is 5.69 Å². The van der Waals surface area contributed by atoms with Crippen molar-refractivity contribution >= 4 is 22.2 Å². The number of piperidine rings is 1. The molecule has 132 valence electrons. The van der Waals surface area contributed by atoms with Crippen LogP contribution in [0.25, 0.3) is 10.8 Å². The lowest BCUT2D eigenvalue weighted by Crippen LogP contribution is -2.39. The first-order valence-electron chi connectivity index (χ1n) is 9.58. The standard InChI is InChI=1S/C22H28N2O/c1-23(2)21-10-9-17-12-19(8-7-18(17)13-21)22(25)20-4-3-11-24(15-20)14-16-5-6-16/h7-10,12-13,16,20H,3-6,11,14-15H2,1-2H3. The zero-order valence-corrected chi connectivity index (χ0v) is 15.4. The van der Waals surface area contributed by atoms with Crippen LogP contribution in [-0.2, 0) is 0 Å². The first kappa shape index (κ1) is 16.6. The highest BCUT2D eigenvalue weighted by atomic mass is 16.1. The monoisotopic (exact) mass is 336 g/mol. The third-order valence-corrected chi connectivity index (χ3v) is 5.71. The molecule has 1 aliphatic carbocycles. The minimum absolute atomic E-state index is 0.172. The van der Waals surface area contributed by atoms with Gasteiger partial charge in [-0.15, -0.1) is 0 Å². The van der Waals surface area contributed by atoms with Crippen LogP contribution in [0.5, 0.6) is 0 Å². The Morgan fingerprint density at radius 3 is 2.60 bits per heavy atom. The van der Waals surface area contributed by atoms with E-state index in [1.165, 1.54) is 37.0 Å². The summed E-state index contributed by atoms with van der Waals surface area (Å²) in [6.07, 6.45) is 4.96. The zero-order valence-electron chi connectivity index (χ0n) is 15.4. The second-order valence-corrected chi connectivity index (χ2v) is 8.05. The summed E-state index contributed by atoms with van der Waals surface area (Å²) in [5.41, 5.74) is 2.07. The molecule has 2 aromatic carbocycles. The van der Waals surface area contributed by atoms with Crippen LogP contribution in [0.2, 0.25) is 0 Å². The Hall–Kier alpha value is -1.87. The fourth-order valence-electron chi connectivity index (χ4n) is 4.00. The van der Waals surface area contributed by atoms with Crippen molar-refractivity contribution in [3.63, 3.8) is 0 Å². The smallest absolute Gasteiger partial charge is 0.167 e. The summed E-state index contributed by atoms with van der Waals surface area (Å²) in [5.74, 6) is 1.41. The normalized spacial score (nSPS) is 21.4. The first-order valence-corrected chi connectivity index (χ1v) is 9.58. The minimum atomic E-state index is 0.172. The number of fused-ring (bicyclic) bond motifs is 1.